The lowest BCUT2D eigenvalue weighted by Gasteiger charge is -2.09. The Labute approximate surface area is 138 Å². The number of nitrogens with one attached hydrogen (secondary N) is 1. The van der Waals surface area contributed by atoms with E-state index in [9.17, 15) is 17.2 Å². The van der Waals surface area contributed by atoms with Gasteiger partial charge in [0.2, 0.25) is 10.0 Å². The number of fused-ring (bicyclic) bond motifs is 1. The highest BCUT2D eigenvalue weighted by atomic mass is 32.2. The molecule has 0 radical (unpaired) electrons. The Hall–Kier alpha value is -2.32. The van der Waals surface area contributed by atoms with Crippen LogP contribution in [-0.2, 0) is 16.6 Å². The van der Waals surface area contributed by atoms with Crippen molar-refractivity contribution < 1.29 is 17.2 Å². The van der Waals surface area contributed by atoms with Gasteiger partial charge in [0.05, 0.1) is 0 Å². The normalized spacial score (nSPS) is 11.9. The molecule has 8 heteroatoms. The summed E-state index contributed by atoms with van der Waals surface area (Å²) < 4.78 is 55.4. The first kappa shape index (κ1) is 16.5. The highest BCUT2D eigenvalue weighted by molar-refractivity contribution is 7.89. The molecule has 0 aliphatic heterocycles. The van der Waals surface area contributed by atoms with E-state index in [4.69, 9.17) is 0 Å². The molecule has 0 atom stereocenters. The molecule has 1 N–H and O–H groups in total. The third-order valence-corrected chi connectivity index (χ3v) is 5.09. The second-order valence-electron chi connectivity index (χ2n) is 5.23. The van der Waals surface area contributed by atoms with Crippen LogP contribution in [0.4, 0.5) is 8.78 Å². The third-order valence-electron chi connectivity index (χ3n) is 3.58. The molecule has 3 aromatic rings. The summed E-state index contributed by atoms with van der Waals surface area (Å²) in [6, 6.07) is 8.63. The molecular weight excluding hydrogens is 336 g/mol. The Morgan fingerprint density at radius 3 is 2.58 bits per heavy atom. The standard InChI is InChI=1S/C16H15F2N3O2S/c17-13-5-1-6-14(18)15(13)24(22,23)20-9-3-10-21-11-7-12-4-2-8-19-16(12)21/h1-2,4-8,11,20H,3,9-10H2. The zero-order valence-corrected chi connectivity index (χ0v) is 13.4. The van der Waals surface area contributed by atoms with Gasteiger partial charge in [-0.1, -0.05) is 6.07 Å². The summed E-state index contributed by atoms with van der Waals surface area (Å²) in [6.07, 6.45) is 4.00. The third kappa shape index (κ3) is 3.29. The molecule has 0 amide bonds. The molecular formula is C16H15F2N3O2S. The topological polar surface area (TPSA) is 64.0 Å². The molecule has 0 saturated carbocycles. The number of pyridine rings is 1. The highest BCUT2D eigenvalue weighted by Gasteiger charge is 2.23. The maximum absolute atomic E-state index is 13.6. The van der Waals surface area contributed by atoms with E-state index in [2.05, 4.69) is 9.71 Å². The number of aryl methyl sites for hydroxylation is 1. The number of aromatic nitrogens is 2. The van der Waals surface area contributed by atoms with E-state index >= 15 is 0 Å². The number of hydrogen-bond donors (Lipinski definition) is 1. The molecule has 0 aliphatic rings. The lowest BCUT2D eigenvalue weighted by Crippen LogP contribution is -2.27. The first-order valence-electron chi connectivity index (χ1n) is 7.32. The van der Waals surface area contributed by atoms with E-state index in [1.54, 1.807) is 6.20 Å². The molecule has 2 aromatic heterocycles. The van der Waals surface area contributed by atoms with Gasteiger partial charge in [0.1, 0.15) is 17.3 Å². The fourth-order valence-electron chi connectivity index (χ4n) is 2.47. The second kappa shape index (κ2) is 6.66. The van der Waals surface area contributed by atoms with Crippen LogP contribution in [0.3, 0.4) is 0 Å². The van der Waals surface area contributed by atoms with Crippen molar-refractivity contribution in [2.24, 2.45) is 0 Å². The average Bonchev–Trinajstić information content (AvgIpc) is 2.94. The Bertz CT molecular complexity index is 950. The predicted molar refractivity (Wildman–Crippen MR) is 85.9 cm³/mol. The van der Waals surface area contributed by atoms with Gasteiger partial charge < -0.3 is 4.57 Å². The van der Waals surface area contributed by atoms with Crippen LogP contribution in [0.2, 0.25) is 0 Å². The van der Waals surface area contributed by atoms with Crippen LogP contribution in [0.1, 0.15) is 6.42 Å². The van der Waals surface area contributed by atoms with Crippen molar-refractivity contribution in [2.45, 2.75) is 17.9 Å². The summed E-state index contributed by atoms with van der Waals surface area (Å²) in [4.78, 5) is 3.32. The number of benzene rings is 1. The number of halogens is 2. The van der Waals surface area contributed by atoms with Crippen molar-refractivity contribution in [1.82, 2.24) is 14.3 Å². The fraction of sp³-hybridized carbons (Fsp3) is 0.188. The lowest BCUT2D eigenvalue weighted by atomic mass is 10.3. The molecule has 0 spiro atoms. The van der Waals surface area contributed by atoms with E-state index in [0.717, 1.165) is 29.2 Å². The van der Waals surface area contributed by atoms with Crippen LogP contribution in [-0.4, -0.2) is 24.5 Å². The van der Waals surface area contributed by atoms with Crippen molar-refractivity contribution in [2.75, 3.05) is 6.54 Å². The maximum atomic E-state index is 13.6. The van der Waals surface area contributed by atoms with Gasteiger partial charge in [0.25, 0.3) is 0 Å². The number of rotatable bonds is 6. The van der Waals surface area contributed by atoms with Crippen molar-refractivity contribution in [3.63, 3.8) is 0 Å². The first-order chi connectivity index (χ1) is 11.5. The second-order valence-corrected chi connectivity index (χ2v) is 6.93. The summed E-state index contributed by atoms with van der Waals surface area (Å²) in [5.74, 6) is -2.22. The summed E-state index contributed by atoms with van der Waals surface area (Å²) in [6.45, 7) is 0.589. The van der Waals surface area contributed by atoms with Gasteiger partial charge in [-0.2, -0.15) is 0 Å². The smallest absolute Gasteiger partial charge is 0.246 e. The van der Waals surface area contributed by atoms with Crippen LogP contribution in [0.5, 0.6) is 0 Å². The van der Waals surface area contributed by atoms with E-state index in [0.29, 0.717) is 13.0 Å². The van der Waals surface area contributed by atoms with Crippen LogP contribution >= 0.6 is 0 Å². The van der Waals surface area contributed by atoms with E-state index in [1.165, 1.54) is 0 Å². The number of nitrogens with zero attached hydrogens (tertiary/aromatic N) is 2. The Morgan fingerprint density at radius 1 is 1.08 bits per heavy atom. The molecule has 1 aromatic carbocycles. The minimum atomic E-state index is -4.23. The summed E-state index contributed by atoms with van der Waals surface area (Å²) in [7, 11) is -4.23. The van der Waals surface area contributed by atoms with Gasteiger partial charge in [-0.3, -0.25) is 0 Å². The van der Waals surface area contributed by atoms with Crippen LogP contribution in [0.15, 0.2) is 53.7 Å². The lowest BCUT2D eigenvalue weighted by molar-refractivity contribution is 0.512. The molecule has 126 valence electrons. The van der Waals surface area contributed by atoms with Crippen molar-refractivity contribution in [3.8, 4) is 0 Å². The van der Waals surface area contributed by atoms with Crippen molar-refractivity contribution in [3.05, 3.63) is 60.4 Å². The van der Waals surface area contributed by atoms with Crippen LogP contribution in [0.25, 0.3) is 11.0 Å². The van der Waals surface area contributed by atoms with Crippen molar-refractivity contribution >= 4 is 21.1 Å². The van der Waals surface area contributed by atoms with Gasteiger partial charge in [-0.25, -0.2) is 26.9 Å². The van der Waals surface area contributed by atoms with Crippen LogP contribution in [0, 0.1) is 11.6 Å². The quantitative estimate of drug-likeness (QED) is 0.695. The maximum Gasteiger partial charge on any atom is 0.246 e. The number of sulfonamides is 1. The molecule has 2 heterocycles. The Morgan fingerprint density at radius 2 is 1.83 bits per heavy atom. The fourth-order valence-corrected chi connectivity index (χ4v) is 3.68. The molecule has 24 heavy (non-hydrogen) atoms. The molecule has 0 saturated heterocycles. The van der Waals surface area contributed by atoms with Gasteiger partial charge in [0, 0.05) is 30.9 Å². The molecule has 0 unspecified atom stereocenters. The SMILES string of the molecule is O=S(=O)(NCCCn1ccc2cccnc21)c1c(F)cccc1F. The van der Waals surface area contributed by atoms with Gasteiger partial charge >= 0.3 is 0 Å². The zero-order valence-electron chi connectivity index (χ0n) is 12.6. The zero-order chi connectivity index (χ0) is 17.2. The predicted octanol–water partition coefficient (Wildman–Crippen LogP) is 2.68. The monoisotopic (exact) mass is 351 g/mol. The highest BCUT2D eigenvalue weighted by Crippen LogP contribution is 2.18. The molecule has 5 nitrogen and oxygen atoms in total. The Balaban J connectivity index is 1.64. The van der Waals surface area contributed by atoms with E-state index in [1.807, 2.05) is 29.0 Å². The first-order valence-corrected chi connectivity index (χ1v) is 8.81. The largest absolute Gasteiger partial charge is 0.332 e. The molecule has 3 rings (SSSR count). The van der Waals surface area contributed by atoms with E-state index in [-0.39, 0.29) is 6.54 Å². The summed E-state index contributed by atoms with van der Waals surface area (Å²) in [5, 5.41) is 0.992. The average molecular weight is 351 g/mol. The molecule has 0 aliphatic carbocycles. The Kier molecular flexibility index (Phi) is 4.59. The van der Waals surface area contributed by atoms with Gasteiger partial charge in [-0.05, 0) is 36.8 Å². The van der Waals surface area contributed by atoms with Gasteiger partial charge in [-0.15, -0.1) is 0 Å². The van der Waals surface area contributed by atoms with Crippen molar-refractivity contribution in [1.29, 1.82) is 0 Å². The minimum Gasteiger partial charge on any atom is -0.332 e. The molecule has 0 fully saturated rings. The summed E-state index contributed by atoms with van der Waals surface area (Å²) >= 11 is 0. The minimum absolute atomic E-state index is 0.0581. The van der Waals surface area contributed by atoms with E-state index < -0.39 is 26.6 Å². The number of hydrogen-bond acceptors (Lipinski definition) is 3. The summed E-state index contributed by atoms with van der Waals surface area (Å²) in [5.41, 5.74) is 0.806. The molecule has 0 bridgehead atoms. The van der Waals surface area contributed by atoms with Crippen LogP contribution < -0.4 is 4.72 Å². The van der Waals surface area contributed by atoms with Gasteiger partial charge in [0.15, 0.2) is 4.90 Å².